The maximum absolute atomic E-state index is 6.35. The fourth-order valence-electron chi connectivity index (χ4n) is 6.43. The summed E-state index contributed by atoms with van der Waals surface area (Å²) in [6.45, 7) is 9.60. The number of thiocarbonyl (C=S) groups is 1. The highest BCUT2D eigenvalue weighted by Gasteiger charge is 2.36. The smallest absolute Gasteiger partial charge is 0.232 e. The third-order valence-corrected chi connectivity index (χ3v) is 8.95. The van der Waals surface area contributed by atoms with Gasteiger partial charge in [-0.05, 0) is 80.3 Å². The second kappa shape index (κ2) is 11.7. The molecule has 2 aliphatic heterocycles. The Hall–Kier alpha value is -2.12. The van der Waals surface area contributed by atoms with E-state index in [0.717, 1.165) is 62.2 Å². The van der Waals surface area contributed by atoms with E-state index in [1.165, 1.54) is 44.1 Å². The molecule has 2 N–H and O–H groups in total. The third-order valence-electron chi connectivity index (χ3n) is 8.47. The topological polar surface area (TPSA) is 56.3 Å². The highest BCUT2D eigenvalue weighted by molar-refractivity contribution is 7.80. The lowest BCUT2D eigenvalue weighted by molar-refractivity contribution is 0.435. The molecule has 3 aliphatic rings. The Bertz CT molecular complexity index is 1050. The van der Waals surface area contributed by atoms with Gasteiger partial charge in [0.2, 0.25) is 5.95 Å². The molecule has 0 bridgehead atoms. The number of rotatable bonds is 6. The van der Waals surface area contributed by atoms with Gasteiger partial charge in [-0.3, -0.25) is 0 Å². The molecule has 1 saturated carbocycles. The predicted octanol–water partition coefficient (Wildman–Crippen LogP) is 6.40. The molecule has 3 heterocycles. The summed E-state index contributed by atoms with van der Waals surface area (Å²) in [4.78, 5) is 14.7. The predicted molar refractivity (Wildman–Crippen MR) is 159 cm³/mol. The van der Waals surface area contributed by atoms with Crippen molar-refractivity contribution in [3.05, 3.63) is 40.9 Å². The van der Waals surface area contributed by atoms with Crippen LogP contribution in [0.1, 0.15) is 70.8 Å². The fourth-order valence-corrected chi connectivity index (χ4v) is 6.78. The van der Waals surface area contributed by atoms with E-state index in [-0.39, 0.29) is 5.41 Å². The second-order valence-corrected chi connectivity index (χ2v) is 12.4. The number of aromatic nitrogens is 2. The SMILES string of the molecule is C[C@@H]1CCCN(c2cc(N3CCC[C@@H](C)C3)nc(NC(=S)NCC3(c4cccc(Cl)c4)CCCC3)n2)C1. The molecule has 0 radical (unpaired) electrons. The van der Waals surface area contributed by atoms with Crippen molar-refractivity contribution < 1.29 is 0 Å². The van der Waals surface area contributed by atoms with E-state index in [0.29, 0.717) is 22.9 Å². The van der Waals surface area contributed by atoms with E-state index in [2.05, 4.69) is 58.5 Å². The molecule has 2 saturated heterocycles. The standard InChI is InChI=1S/C29H41ClN6S/c1-21-8-6-14-35(18-21)25-17-26(36-15-7-9-22(2)19-36)33-27(32-25)34-28(37)31-20-29(12-3-4-13-29)23-10-5-11-24(30)16-23/h5,10-11,16-17,21-22H,3-4,6-9,12-15,18-20H2,1-2H3,(H2,31,32,33,34,37)/t21-,22-/m1/s1. The van der Waals surface area contributed by atoms with Gasteiger partial charge in [0.1, 0.15) is 11.6 Å². The maximum Gasteiger partial charge on any atom is 0.232 e. The Morgan fingerprint density at radius 3 is 2.16 bits per heavy atom. The molecular formula is C29H41ClN6S. The molecule has 5 rings (SSSR count). The Morgan fingerprint density at radius 1 is 0.973 bits per heavy atom. The largest absolute Gasteiger partial charge is 0.361 e. The van der Waals surface area contributed by atoms with Crippen molar-refractivity contribution in [1.82, 2.24) is 15.3 Å². The molecule has 0 amide bonds. The van der Waals surface area contributed by atoms with Crippen molar-refractivity contribution in [2.75, 3.05) is 47.8 Å². The van der Waals surface area contributed by atoms with Gasteiger partial charge in [0.05, 0.1) is 0 Å². The minimum Gasteiger partial charge on any atom is -0.361 e. The van der Waals surface area contributed by atoms with Crippen LogP contribution in [0.15, 0.2) is 30.3 Å². The minimum atomic E-state index is 0.0540. The van der Waals surface area contributed by atoms with Crippen LogP contribution in [0.5, 0.6) is 0 Å². The lowest BCUT2D eigenvalue weighted by Gasteiger charge is -2.35. The van der Waals surface area contributed by atoms with Crippen molar-refractivity contribution in [2.45, 2.75) is 70.6 Å². The van der Waals surface area contributed by atoms with E-state index in [9.17, 15) is 0 Å². The van der Waals surface area contributed by atoms with Gasteiger partial charge in [0.15, 0.2) is 5.11 Å². The van der Waals surface area contributed by atoms with E-state index in [4.69, 9.17) is 33.8 Å². The zero-order valence-corrected chi connectivity index (χ0v) is 23.9. The number of hydrogen-bond acceptors (Lipinski definition) is 5. The van der Waals surface area contributed by atoms with Crippen LogP contribution < -0.4 is 20.4 Å². The summed E-state index contributed by atoms with van der Waals surface area (Å²) in [5.74, 6) is 3.95. The van der Waals surface area contributed by atoms with Crippen molar-refractivity contribution >= 4 is 46.5 Å². The second-order valence-electron chi connectivity index (χ2n) is 11.6. The molecule has 1 aromatic carbocycles. The molecule has 2 atom stereocenters. The summed E-state index contributed by atoms with van der Waals surface area (Å²) >= 11 is 12.1. The summed E-state index contributed by atoms with van der Waals surface area (Å²) in [5, 5.41) is 8.23. The quantitative estimate of drug-likeness (QED) is 0.411. The highest BCUT2D eigenvalue weighted by Crippen LogP contribution is 2.41. The molecule has 200 valence electrons. The van der Waals surface area contributed by atoms with Crippen LogP contribution in [-0.2, 0) is 5.41 Å². The summed E-state index contributed by atoms with van der Waals surface area (Å²) in [7, 11) is 0. The first-order valence-corrected chi connectivity index (χ1v) is 14.9. The molecule has 3 fully saturated rings. The van der Waals surface area contributed by atoms with Gasteiger partial charge in [-0.25, -0.2) is 0 Å². The number of piperidine rings is 2. The van der Waals surface area contributed by atoms with Crippen molar-refractivity contribution in [3.8, 4) is 0 Å². The summed E-state index contributed by atoms with van der Waals surface area (Å²) in [5.41, 5.74) is 1.35. The van der Waals surface area contributed by atoms with Gasteiger partial charge in [0, 0.05) is 49.2 Å². The maximum atomic E-state index is 6.35. The van der Waals surface area contributed by atoms with Crippen molar-refractivity contribution in [3.63, 3.8) is 0 Å². The molecule has 0 spiro atoms. The van der Waals surface area contributed by atoms with Gasteiger partial charge in [-0.2, -0.15) is 9.97 Å². The van der Waals surface area contributed by atoms with Gasteiger partial charge in [0.25, 0.3) is 0 Å². The van der Waals surface area contributed by atoms with Crippen molar-refractivity contribution in [2.24, 2.45) is 11.8 Å². The van der Waals surface area contributed by atoms with Gasteiger partial charge >= 0.3 is 0 Å². The number of anilines is 3. The molecule has 8 heteroatoms. The van der Waals surface area contributed by atoms with Crippen LogP contribution >= 0.6 is 23.8 Å². The first-order valence-electron chi connectivity index (χ1n) is 14.1. The zero-order valence-electron chi connectivity index (χ0n) is 22.3. The van der Waals surface area contributed by atoms with E-state index in [1.807, 2.05) is 6.07 Å². The summed E-state index contributed by atoms with van der Waals surface area (Å²) in [6, 6.07) is 10.5. The lowest BCUT2D eigenvalue weighted by atomic mass is 9.79. The normalized spacial score (nSPS) is 23.6. The Morgan fingerprint density at radius 2 is 1.59 bits per heavy atom. The third kappa shape index (κ3) is 6.48. The molecule has 1 aliphatic carbocycles. The van der Waals surface area contributed by atoms with E-state index < -0.39 is 0 Å². The number of hydrogen-bond donors (Lipinski definition) is 2. The number of benzene rings is 1. The van der Waals surface area contributed by atoms with E-state index in [1.54, 1.807) is 0 Å². The molecule has 1 aromatic heterocycles. The minimum absolute atomic E-state index is 0.0540. The fraction of sp³-hybridized carbons (Fsp3) is 0.621. The lowest BCUT2D eigenvalue weighted by Crippen LogP contribution is -2.41. The molecule has 37 heavy (non-hydrogen) atoms. The Balaban J connectivity index is 1.33. The molecule has 2 aromatic rings. The van der Waals surface area contributed by atoms with Crippen LogP contribution in [0.2, 0.25) is 5.02 Å². The van der Waals surface area contributed by atoms with Gasteiger partial charge in [-0.15, -0.1) is 0 Å². The highest BCUT2D eigenvalue weighted by atomic mass is 35.5. The Kier molecular flexibility index (Phi) is 8.40. The Labute approximate surface area is 232 Å². The van der Waals surface area contributed by atoms with Crippen LogP contribution in [0.3, 0.4) is 0 Å². The van der Waals surface area contributed by atoms with E-state index >= 15 is 0 Å². The van der Waals surface area contributed by atoms with Gasteiger partial charge in [-0.1, -0.05) is 50.4 Å². The first-order chi connectivity index (χ1) is 17.9. The molecular weight excluding hydrogens is 500 g/mol. The molecule has 0 unspecified atom stereocenters. The van der Waals surface area contributed by atoms with Crippen LogP contribution in [-0.4, -0.2) is 47.8 Å². The summed E-state index contributed by atoms with van der Waals surface area (Å²) in [6.07, 6.45) is 9.71. The number of halogens is 1. The average molecular weight is 541 g/mol. The van der Waals surface area contributed by atoms with Crippen LogP contribution in [0, 0.1) is 11.8 Å². The summed E-state index contributed by atoms with van der Waals surface area (Å²) < 4.78 is 0. The number of nitrogens with zero attached hydrogens (tertiary/aromatic N) is 4. The van der Waals surface area contributed by atoms with Crippen LogP contribution in [0.25, 0.3) is 0 Å². The average Bonchev–Trinajstić information content (AvgIpc) is 3.38. The van der Waals surface area contributed by atoms with Crippen molar-refractivity contribution in [1.29, 1.82) is 0 Å². The number of nitrogens with one attached hydrogen (secondary N) is 2. The first kappa shape index (κ1) is 26.5. The van der Waals surface area contributed by atoms with Gasteiger partial charge < -0.3 is 20.4 Å². The molecule has 6 nitrogen and oxygen atoms in total. The monoisotopic (exact) mass is 540 g/mol. The zero-order chi connectivity index (χ0) is 25.8. The van der Waals surface area contributed by atoms with Crippen LogP contribution in [0.4, 0.5) is 17.6 Å².